The minimum atomic E-state index is -0.273. The lowest BCUT2D eigenvalue weighted by atomic mass is 10.0. The molecule has 152 valence electrons. The lowest BCUT2D eigenvalue weighted by molar-refractivity contribution is 0.0922. The molecule has 29 heavy (non-hydrogen) atoms. The highest BCUT2D eigenvalue weighted by Crippen LogP contribution is 2.27. The van der Waals surface area contributed by atoms with Gasteiger partial charge in [-0.25, -0.2) is 0 Å². The van der Waals surface area contributed by atoms with Crippen molar-refractivity contribution in [3.63, 3.8) is 0 Å². The normalized spacial score (nSPS) is 12.2. The number of benzene rings is 2. The van der Waals surface area contributed by atoms with Crippen LogP contribution in [0.3, 0.4) is 0 Å². The molecule has 1 aromatic heterocycles. The number of carbonyl (C=O) groups excluding carboxylic acids is 1. The zero-order chi connectivity index (χ0) is 21.0. The van der Waals surface area contributed by atoms with Crippen molar-refractivity contribution in [1.29, 1.82) is 0 Å². The fourth-order valence-corrected chi connectivity index (χ4v) is 4.04. The fourth-order valence-electron chi connectivity index (χ4n) is 2.95. The third kappa shape index (κ3) is 5.19. The summed E-state index contributed by atoms with van der Waals surface area (Å²) in [6.45, 7) is 6.17. The predicted molar refractivity (Wildman–Crippen MR) is 118 cm³/mol. The molecule has 7 heteroatoms. The second-order valence-corrected chi connectivity index (χ2v) is 8.70. The molecule has 0 aliphatic carbocycles. The topological polar surface area (TPSA) is 59.8 Å². The van der Waals surface area contributed by atoms with Crippen molar-refractivity contribution >= 4 is 29.3 Å². The van der Waals surface area contributed by atoms with Crippen LogP contribution in [0, 0.1) is 12.8 Å². The third-order valence-corrected chi connectivity index (χ3v) is 6.13. The molecule has 3 rings (SSSR count). The number of aryl methyl sites for hydroxylation is 1. The SMILES string of the molecule is Cc1ccc(CSc2nnc([C@H](NC(=O)c3ccccc3Cl)C(C)C)n2C)cc1. The molecule has 1 amide bonds. The standard InChI is InChI=1S/C22H25ClN4OS/c1-14(2)19(24-21(28)17-7-5-6-8-18(17)23)20-25-26-22(27(20)4)29-13-16-11-9-15(3)10-12-16/h5-12,14,19H,13H2,1-4H3,(H,24,28)/t19-/m1/s1. The molecule has 5 nitrogen and oxygen atoms in total. The number of hydrogen-bond donors (Lipinski definition) is 1. The van der Waals surface area contributed by atoms with Crippen LogP contribution in [0.25, 0.3) is 0 Å². The van der Waals surface area contributed by atoms with Crippen molar-refractivity contribution in [1.82, 2.24) is 20.1 Å². The van der Waals surface area contributed by atoms with E-state index in [1.54, 1.807) is 36.0 Å². The molecule has 0 fully saturated rings. The van der Waals surface area contributed by atoms with Gasteiger partial charge in [0, 0.05) is 12.8 Å². The van der Waals surface area contributed by atoms with E-state index in [9.17, 15) is 4.79 Å². The van der Waals surface area contributed by atoms with E-state index in [4.69, 9.17) is 11.6 Å². The zero-order valence-corrected chi connectivity index (χ0v) is 18.6. The predicted octanol–water partition coefficient (Wildman–Crippen LogP) is 5.20. The number of aromatic nitrogens is 3. The fraction of sp³-hybridized carbons (Fsp3) is 0.318. The Labute approximate surface area is 180 Å². The number of halogens is 1. The van der Waals surface area contributed by atoms with E-state index in [1.807, 2.05) is 25.5 Å². The molecule has 3 aromatic rings. The van der Waals surface area contributed by atoms with Gasteiger partial charge in [0.1, 0.15) is 0 Å². The van der Waals surface area contributed by atoms with E-state index in [0.29, 0.717) is 10.6 Å². The van der Waals surface area contributed by atoms with Gasteiger partial charge in [-0.1, -0.05) is 79.2 Å². The van der Waals surface area contributed by atoms with Crippen molar-refractivity contribution in [2.45, 2.75) is 37.7 Å². The maximum absolute atomic E-state index is 12.8. The quantitative estimate of drug-likeness (QED) is 0.525. The summed E-state index contributed by atoms with van der Waals surface area (Å²) in [5.74, 6) is 1.46. The number of nitrogens with one attached hydrogen (secondary N) is 1. The first-order valence-electron chi connectivity index (χ1n) is 9.50. The highest BCUT2D eigenvalue weighted by molar-refractivity contribution is 7.98. The van der Waals surface area contributed by atoms with Crippen molar-refractivity contribution in [2.24, 2.45) is 13.0 Å². The summed E-state index contributed by atoms with van der Waals surface area (Å²) in [4.78, 5) is 12.8. The van der Waals surface area contributed by atoms with Crippen LogP contribution in [0.15, 0.2) is 53.7 Å². The average Bonchev–Trinajstić information content (AvgIpc) is 3.06. The molecule has 0 aliphatic rings. The molecule has 0 bridgehead atoms. The lowest BCUT2D eigenvalue weighted by Gasteiger charge is -2.22. The smallest absolute Gasteiger partial charge is 0.253 e. The number of carbonyl (C=O) groups is 1. The zero-order valence-electron chi connectivity index (χ0n) is 17.0. The van der Waals surface area contributed by atoms with E-state index < -0.39 is 0 Å². The van der Waals surface area contributed by atoms with Gasteiger partial charge in [0.05, 0.1) is 16.6 Å². The number of nitrogens with zero attached hydrogens (tertiary/aromatic N) is 3. The number of rotatable bonds is 7. The van der Waals surface area contributed by atoms with Gasteiger partial charge in [0.15, 0.2) is 11.0 Å². The molecule has 0 saturated heterocycles. The first-order valence-corrected chi connectivity index (χ1v) is 10.9. The Balaban J connectivity index is 1.75. The van der Waals surface area contributed by atoms with E-state index in [1.165, 1.54) is 11.1 Å². The van der Waals surface area contributed by atoms with Crippen LogP contribution in [-0.4, -0.2) is 20.7 Å². The second-order valence-electron chi connectivity index (χ2n) is 7.35. The Morgan fingerprint density at radius 2 is 1.83 bits per heavy atom. The molecular formula is C22H25ClN4OS. The highest BCUT2D eigenvalue weighted by Gasteiger charge is 2.25. The average molecular weight is 429 g/mol. The van der Waals surface area contributed by atoms with Crippen LogP contribution in [0.1, 0.15) is 47.2 Å². The van der Waals surface area contributed by atoms with E-state index in [2.05, 4.69) is 46.7 Å². The largest absolute Gasteiger partial charge is 0.342 e. The van der Waals surface area contributed by atoms with Gasteiger partial charge in [-0.05, 0) is 30.5 Å². The molecule has 0 spiro atoms. The molecule has 0 unspecified atom stereocenters. The Morgan fingerprint density at radius 1 is 1.14 bits per heavy atom. The number of amides is 1. The van der Waals surface area contributed by atoms with Gasteiger partial charge in [-0.3, -0.25) is 4.79 Å². The summed E-state index contributed by atoms with van der Waals surface area (Å²) < 4.78 is 1.95. The van der Waals surface area contributed by atoms with Gasteiger partial charge in [-0.15, -0.1) is 10.2 Å². The Hall–Kier alpha value is -2.31. The third-order valence-electron chi connectivity index (χ3n) is 4.71. The van der Waals surface area contributed by atoms with Gasteiger partial charge in [0.2, 0.25) is 0 Å². The van der Waals surface area contributed by atoms with Crippen LogP contribution < -0.4 is 5.32 Å². The Morgan fingerprint density at radius 3 is 2.48 bits per heavy atom. The van der Waals surface area contributed by atoms with E-state index in [-0.39, 0.29) is 17.9 Å². The molecular weight excluding hydrogens is 404 g/mol. The van der Waals surface area contributed by atoms with E-state index >= 15 is 0 Å². The molecule has 0 radical (unpaired) electrons. The summed E-state index contributed by atoms with van der Waals surface area (Å²) in [6, 6.07) is 15.2. The molecule has 1 atom stereocenters. The van der Waals surface area contributed by atoms with Gasteiger partial charge in [0.25, 0.3) is 5.91 Å². The van der Waals surface area contributed by atoms with Gasteiger partial charge in [-0.2, -0.15) is 0 Å². The van der Waals surface area contributed by atoms with Crippen molar-refractivity contribution in [3.8, 4) is 0 Å². The molecule has 1 heterocycles. The van der Waals surface area contributed by atoms with Gasteiger partial charge >= 0.3 is 0 Å². The maximum Gasteiger partial charge on any atom is 0.253 e. The van der Waals surface area contributed by atoms with Crippen molar-refractivity contribution < 1.29 is 4.79 Å². The Kier molecular flexibility index (Phi) is 6.98. The first kappa shape index (κ1) is 21.4. The number of thioether (sulfide) groups is 1. The van der Waals surface area contributed by atoms with E-state index in [0.717, 1.165) is 16.7 Å². The van der Waals surface area contributed by atoms with Crippen LogP contribution in [0.5, 0.6) is 0 Å². The van der Waals surface area contributed by atoms with Crippen LogP contribution in [-0.2, 0) is 12.8 Å². The number of hydrogen-bond acceptors (Lipinski definition) is 4. The molecule has 0 saturated carbocycles. The summed E-state index contributed by atoms with van der Waals surface area (Å²) in [5, 5.41) is 13.0. The summed E-state index contributed by atoms with van der Waals surface area (Å²) in [5.41, 5.74) is 2.93. The monoisotopic (exact) mass is 428 g/mol. The molecule has 1 N–H and O–H groups in total. The minimum absolute atomic E-state index is 0.138. The first-order chi connectivity index (χ1) is 13.9. The van der Waals surface area contributed by atoms with Gasteiger partial charge < -0.3 is 9.88 Å². The summed E-state index contributed by atoms with van der Waals surface area (Å²) in [7, 11) is 1.93. The van der Waals surface area contributed by atoms with Crippen molar-refractivity contribution in [3.05, 3.63) is 76.1 Å². The summed E-state index contributed by atoms with van der Waals surface area (Å²) >= 11 is 7.80. The summed E-state index contributed by atoms with van der Waals surface area (Å²) in [6.07, 6.45) is 0. The van der Waals surface area contributed by atoms with Crippen LogP contribution in [0.4, 0.5) is 0 Å². The second kappa shape index (κ2) is 9.46. The van der Waals surface area contributed by atoms with Crippen molar-refractivity contribution in [2.75, 3.05) is 0 Å². The van der Waals surface area contributed by atoms with Crippen LogP contribution >= 0.6 is 23.4 Å². The highest BCUT2D eigenvalue weighted by atomic mass is 35.5. The van der Waals surface area contributed by atoms with Crippen LogP contribution in [0.2, 0.25) is 5.02 Å². The lowest BCUT2D eigenvalue weighted by Crippen LogP contribution is -2.33. The molecule has 0 aliphatic heterocycles. The minimum Gasteiger partial charge on any atom is -0.342 e. The Bertz CT molecular complexity index is 985. The maximum atomic E-state index is 12.8. The molecule has 2 aromatic carbocycles.